The van der Waals surface area contributed by atoms with Gasteiger partial charge in [0.2, 0.25) is 0 Å². The Bertz CT molecular complexity index is 816. The fraction of sp³-hybridized carbons (Fsp3) is 0.133. The van der Waals surface area contributed by atoms with Gasteiger partial charge in [0.05, 0.1) is 16.1 Å². The van der Waals surface area contributed by atoms with Gasteiger partial charge in [-0.2, -0.15) is 5.26 Å². The van der Waals surface area contributed by atoms with E-state index in [0.717, 1.165) is 5.56 Å². The van der Waals surface area contributed by atoms with E-state index in [4.69, 9.17) is 11.0 Å². The van der Waals surface area contributed by atoms with Crippen LogP contribution in [0.4, 0.5) is 11.4 Å². The Balaban J connectivity index is 2.48. The van der Waals surface area contributed by atoms with Crippen molar-refractivity contribution in [3.8, 4) is 6.07 Å². The molecule has 0 fully saturated rings. The van der Waals surface area contributed by atoms with Crippen molar-refractivity contribution in [2.24, 2.45) is 0 Å². The second-order valence-electron chi connectivity index (χ2n) is 4.79. The highest BCUT2D eigenvalue weighted by Gasteiger charge is 2.17. The molecule has 108 valence electrons. The number of nitriles is 1. The van der Waals surface area contributed by atoms with Crippen molar-refractivity contribution >= 4 is 21.4 Å². The molecule has 2 aromatic rings. The highest BCUT2D eigenvalue weighted by molar-refractivity contribution is 7.92. The third kappa shape index (κ3) is 3.15. The molecule has 3 N–H and O–H groups in total. The van der Waals surface area contributed by atoms with Crippen LogP contribution in [0.2, 0.25) is 0 Å². The van der Waals surface area contributed by atoms with Crippen LogP contribution in [0.25, 0.3) is 0 Å². The molecule has 0 saturated carbocycles. The number of rotatable bonds is 3. The first-order chi connectivity index (χ1) is 9.83. The Morgan fingerprint density at radius 1 is 1.19 bits per heavy atom. The standard InChI is InChI=1S/C15H15N3O2S/c1-10-6-12(17)8-13(7-10)21(19,20)18-15-5-3-4-11(2)14(15)9-16/h3-8,18H,17H2,1-2H3. The number of sulfonamides is 1. The smallest absolute Gasteiger partial charge is 0.262 e. The fourth-order valence-electron chi connectivity index (χ4n) is 2.04. The van der Waals surface area contributed by atoms with Crippen molar-refractivity contribution < 1.29 is 8.42 Å². The van der Waals surface area contributed by atoms with E-state index in [1.165, 1.54) is 12.1 Å². The normalized spacial score (nSPS) is 10.9. The summed E-state index contributed by atoms with van der Waals surface area (Å²) in [7, 11) is -3.79. The van der Waals surface area contributed by atoms with E-state index in [2.05, 4.69) is 4.72 Å². The Kier molecular flexibility index (Phi) is 3.87. The number of nitrogens with zero attached hydrogens (tertiary/aromatic N) is 1. The van der Waals surface area contributed by atoms with Crippen molar-refractivity contribution in [3.63, 3.8) is 0 Å². The SMILES string of the molecule is Cc1cc(N)cc(S(=O)(=O)Nc2cccc(C)c2C#N)c1. The molecule has 0 amide bonds. The molecule has 0 aliphatic rings. The summed E-state index contributed by atoms with van der Waals surface area (Å²) >= 11 is 0. The van der Waals surface area contributed by atoms with Crippen LogP contribution in [0.3, 0.4) is 0 Å². The maximum Gasteiger partial charge on any atom is 0.262 e. The van der Waals surface area contributed by atoms with Crippen molar-refractivity contribution in [2.45, 2.75) is 18.7 Å². The summed E-state index contributed by atoms with van der Waals surface area (Å²) < 4.78 is 27.3. The molecule has 0 bridgehead atoms. The van der Waals surface area contributed by atoms with Crippen LogP contribution >= 0.6 is 0 Å². The van der Waals surface area contributed by atoms with Crippen LogP contribution in [-0.2, 0) is 10.0 Å². The molecule has 0 heterocycles. The Morgan fingerprint density at radius 2 is 1.90 bits per heavy atom. The Labute approximate surface area is 124 Å². The van der Waals surface area contributed by atoms with Gasteiger partial charge in [-0.05, 0) is 49.2 Å². The summed E-state index contributed by atoms with van der Waals surface area (Å²) in [4.78, 5) is 0.0744. The van der Waals surface area contributed by atoms with Gasteiger partial charge in [-0.1, -0.05) is 12.1 Å². The monoisotopic (exact) mass is 301 g/mol. The number of anilines is 2. The molecular weight excluding hydrogens is 286 g/mol. The third-order valence-corrected chi connectivity index (χ3v) is 4.36. The van der Waals surface area contributed by atoms with Gasteiger partial charge in [-0.3, -0.25) is 4.72 Å². The lowest BCUT2D eigenvalue weighted by molar-refractivity contribution is 0.601. The molecule has 21 heavy (non-hydrogen) atoms. The van der Waals surface area contributed by atoms with Gasteiger partial charge < -0.3 is 5.73 Å². The van der Waals surface area contributed by atoms with E-state index in [9.17, 15) is 8.42 Å². The molecule has 0 saturated heterocycles. The number of nitrogen functional groups attached to an aromatic ring is 1. The van der Waals surface area contributed by atoms with Crippen LogP contribution in [-0.4, -0.2) is 8.42 Å². The lowest BCUT2D eigenvalue weighted by Gasteiger charge is -2.11. The Morgan fingerprint density at radius 3 is 2.52 bits per heavy atom. The zero-order valence-corrected chi connectivity index (χ0v) is 12.5. The summed E-state index contributed by atoms with van der Waals surface area (Å²) in [6.07, 6.45) is 0. The van der Waals surface area contributed by atoms with Gasteiger partial charge in [0.15, 0.2) is 0 Å². The number of hydrogen-bond donors (Lipinski definition) is 2. The van der Waals surface area contributed by atoms with E-state index >= 15 is 0 Å². The van der Waals surface area contributed by atoms with Crippen molar-refractivity contribution in [1.29, 1.82) is 5.26 Å². The van der Waals surface area contributed by atoms with E-state index < -0.39 is 10.0 Å². The Hall–Kier alpha value is -2.52. The molecule has 0 atom stereocenters. The van der Waals surface area contributed by atoms with Crippen molar-refractivity contribution in [3.05, 3.63) is 53.1 Å². The average Bonchev–Trinajstić information content (AvgIpc) is 2.37. The minimum absolute atomic E-state index is 0.0744. The number of aryl methyl sites for hydroxylation is 2. The summed E-state index contributed by atoms with van der Waals surface area (Å²) in [5.74, 6) is 0. The van der Waals surface area contributed by atoms with Crippen molar-refractivity contribution in [2.75, 3.05) is 10.5 Å². The first kappa shape index (κ1) is 14.9. The van der Waals surface area contributed by atoms with Gasteiger partial charge >= 0.3 is 0 Å². The summed E-state index contributed by atoms with van der Waals surface area (Å²) in [6, 6.07) is 11.6. The molecule has 0 radical (unpaired) electrons. The molecule has 0 aromatic heterocycles. The molecule has 0 spiro atoms. The highest BCUT2D eigenvalue weighted by atomic mass is 32.2. The minimum atomic E-state index is -3.79. The zero-order chi connectivity index (χ0) is 15.6. The van der Waals surface area contributed by atoms with E-state index in [0.29, 0.717) is 16.8 Å². The molecule has 0 aliphatic heterocycles. The second-order valence-corrected chi connectivity index (χ2v) is 6.48. The lowest BCUT2D eigenvalue weighted by Crippen LogP contribution is -2.14. The first-order valence-electron chi connectivity index (χ1n) is 6.23. The van der Waals surface area contributed by atoms with Crippen LogP contribution < -0.4 is 10.5 Å². The predicted molar refractivity (Wildman–Crippen MR) is 82.3 cm³/mol. The van der Waals surface area contributed by atoms with Crippen LogP contribution in [0, 0.1) is 25.2 Å². The molecule has 0 unspecified atom stereocenters. The highest BCUT2D eigenvalue weighted by Crippen LogP contribution is 2.23. The third-order valence-electron chi connectivity index (χ3n) is 3.01. The zero-order valence-electron chi connectivity index (χ0n) is 11.7. The second kappa shape index (κ2) is 5.46. The first-order valence-corrected chi connectivity index (χ1v) is 7.71. The molecule has 2 rings (SSSR count). The van der Waals surface area contributed by atoms with Gasteiger partial charge in [0.25, 0.3) is 10.0 Å². The van der Waals surface area contributed by atoms with E-state index in [1.54, 1.807) is 38.1 Å². The largest absolute Gasteiger partial charge is 0.399 e. The van der Waals surface area contributed by atoms with Crippen molar-refractivity contribution in [1.82, 2.24) is 0 Å². The molecule has 2 aromatic carbocycles. The summed E-state index contributed by atoms with van der Waals surface area (Å²) in [6.45, 7) is 3.52. The van der Waals surface area contributed by atoms with E-state index in [1.807, 2.05) is 6.07 Å². The molecule has 6 heteroatoms. The quantitative estimate of drug-likeness (QED) is 0.851. The van der Waals surface area contributed by atoms with Crippen LogP contribution in [0.5, 0.6) is 0 Å². The minimum Gasteiger partial charge on any atom is -0.399 e. The lowest BCUT2D eigenvalue weighted by atomic mass is 10.1. The van der Waals surface area contributed by atoms with Crippen LogP contribution in [0.1, 0.15) is 16.7 Å². The molecule has 0 aliphatic carbocycles. The number of nitrogens with two attached hydrogens (primary N) is 1. The summed E-state index contributed by atoms with van der Waals surface area (Å²) in [5.41, 5.74) is 8.09. The average molecular weight is 301 g/mol. The van der Waals surface area contributed by atoms with Crippen LogP contribution in [0.15, 0.2) is 41.3 Å². The van der Waals surface area contributed by atoms with Gasteiger partial charge in [-0.25, -0.2) is 8.42 Å². The summed E-state index contributed by atoms with van der Waals surface area (Å²) in [5, 5.41) is 9.15. The van der Waals surface area contributed by atoms with Gasteiger partial charge in [-0.15, -0.1) is 0 Å². The van der Waals surface area contributed by atoms with Gasteiger partial charge in [0, 0.05) is 5.69 Å². The number of benzene rings is 2. The number of hydrogen-bond acceptors (Lipinski definition) is 4. The maximum atomic E-state index is 12.4. The maximum absolute atomic E-state index is 12.4. The predicted octanol–water partition coefficient (Wildman–Crippen LogP) is 2.56. The van der Waals surface area contributed by atoms with E-state index in [-0.39, 0.29) is 10.6 Å². The molecular formula is C15H15N3O2S. The molecule has 5 nitrogen and oxygen atoms in total. The topological polar surface area (TPSA) is 96.0 Å². The number of nitrogens with one attached hydrogen (secondary N) is 1. The van der Waals surface area contributed by atoms with Gasteiger partial charge in [0.1, 0.15) is 6.07 Å². The fourth-order valence-corrected chi connectivity index (χ4v) is 3.25.